The monoisotopic (exact) mass is 295 g/mol. The van der Waals surface area contributed by atoms with Gasteiger partial charge in [0.25, 0.3) is 5.91 Å². The van der Waals surface area contributed by atoms with Gasteiger partial charge in [-0.15, -0.1) is 11.3 Å². The molecule has 1 amide bonds. The summed E-state index contributed by atoms with van der Waals surface area (Å²) in [6, 6.07) is 9.19. The van der Waals surface area contributed by atoms with Crippen LogP contribution in [-0.4, -0.2) is 19.1 Å². The maximum absolute atomic E-state index is 11.6. The lowest BCUT2D eigenvalue weighted by Gasteiger charge is -2.08. The van der Waals surface area contributed by atoms with E-state index in [9.17, 15) is 4.79 Å². The van der Waals surface area contributed by atoms with E-state index in [0.717, 1.165) is 5.56 Å². The quantitative estimate of drug-likeness (QED) is 0.857. The summed E-state index contributed by atoms with van der Waals surface area (Å²) in [6.45, 7) is 2.81. The average molecular weight is 296 g/mol. The third-order valence-electron chi connectivity index (χ3n) is 2.54. The highest BCUT2D eigenvalue weighted by Crippen LogP contribution is 2.21. The van der Waals surface area contributed by atoms with Crippen LogP contribution >= 0.6 is 22.9 Å². The normalized spacial score (nSPS) is 10.2. The van der Waals surface area contributed by atoms with Gasteiger partial charge in [0.15, 0.2) is 0 Å². The first-order valence-electron chi connectivity index (χ1n) is 5.87. The van der Waals surface area contributed by atoms with Gasteiger partial charge in [-0.1, -0.05) is 23.7 Å². The first kappa shape index (κ1) is 13.9. The molecule has 1 aromatic carbocycles. The summed E-state index contributed by atoms with van der Waals surface area (Å²) in [6.07, 6.45) is 0. The number of carbonyl (C=O) groups is 1. The fourth-order valence-electron chi connectivity index (χ4n) is 1.49. The van der Waals surface area contributed by atoms with Gasteiger partial charge in [0.05, 0.1) is 11.4 Å². The molecule has 100 valence electrons. The highest BCUT2D eigenvalue weighted by atomic mass is 35.5. The van der Waals surface area contributed by atoms with E-state index in [4.69, 9.17) is 16.3 Å². The van der Waals surface area contributed by atoms with Crippen molar-refractivity contribution in [3.05, 3.63) is 51.2 Å². The second kappa shape index (κ2) is 6.59. The zero-order chi connectivity index (χ0) is 13.7. The second-order valence-corrected chi connectivity index (χ2v) is 5.35. The maximum atomic E-state index is 11.6. The molecule has 0 spiro atoms. The highest BCUT2D eigenvalue weighted by molar-refractivity contribution is 7.12. The van der Waals surface area contributed by atoms with Gasteiger partial charge >= 0.3 is 0 Å². The van der Waals surface area contributed by atoms with Gasteiger partial charge < -0.3 is 10.1 Å². The zero-order valence-electron chi connectivity index (χ0n) is 10.5. The number of hydrogen-bond acceptors (Lipinski definition) is 3. The molecular formula is C14H14ClNO2S. The van der Waals surface area contributed by atoms with Gasteiger partial charge in [0, 0.05) is 5.02 Å². The van der Waals surface area contributed by atoms with E-state index in [0.29, 0.717) is 28.8 Å². The first-order valence-corrected chi connectivity index (χ1v) is 7.13. The Morgan fingerprint density at radius 1 is 1.42 bits per heavy atom. The van der Waals surface area contributed by atoms with Gasteiger partial charge in [-0.2, -0.15) is 0 Å². The smallest absolute Gasteiger partial charge is 0.261 e. The van der Waals surface area contributed by atoms with Crippen LogP contribution < -0.4 is 10.1 Å². The number of nitrogens with one attached hydrogen (secondary N) is 1. The molecule has 0 radical (unpaired) electrons. The fourth-order valence-corrected chi connectivity index (χ4v) is 2.30. The molecule has 2 rings (SSSR count). The van der Waals surface area contributed by atoms with Gasteiger partial charge in [-0.3, -0.25) is 4.79 Å². The average Bonchev–Trinajstić information content (AvgIpc) is 2.92. The predicted molar refractivity (Wildman–Crippen MR) is 78.3 cm³/mol. The molecule has 0 unspecified atom stereocenters. The number of rotatable bonds is 5. The summed E-state index contributed by atoms with van der Waals surface area (Å²) < 4.78 is 5.51. The van der Waals surface area contributed by atoms with Crippen LogP contribution in [0.5, 0.6) is 5.75 Å². The van der Waals surface area contributed by atoms with Crippen LogP contribution in [0.3, 0.4) is 0 Å². The molecule has 1 N–H and O–H groups in total. The lowest BCUT2D eigenvalue weighted by molar-refractivity contribution is 0.0951. The van der Waals surface area contributed by atoms with Crippen LogP contribution in [0.25, 0.3) is 0 Å². The van der Waals surface area contributed by atoms with Crippen LogP contribution in [0, 0.1) is 6.92 Å². The lowest BCUT2D eigenvalue weighted by Crippen LogP contribution is -2.27. The Hall–Kier alpha value is -1.52. The Balaban J connectivity index is 1.75. The van der Waals surface area contributed by atoms with Gasteiger partial charge in [-0.05, 0) is 36.1 Å². The maximum Gasteiger partial charge on any atom is 0.261 e. The standard InChI is InChI=1S/C14H14ClNO2S/c1-10-4-5-11(9-12(10)15)18-7-6-16-14(17)13-3-2-8-19-13/h2-5,8-9H,6-7H2,1H3,(H,16,17). The molecule has 1 aromatic heterocycles. The van der Waals surface area contributed by atoms with Crippen molar-refractivity contribution >= 4 is 28.8 Å². The van der Waals surface area contributed by atoms with Gasteiger partial charge in [0.2, 0.25) is 0 Å². The molecule has 5 heteroatoms. The van der Waals surface area contributed by atoms with E-state index in [1.807, 2.05) is 30.5 Å². The van der Waals surface area contributed by atoms with Crippen molar-refractivity contribution in [1.82, 2.24) is 5.32 Å². The second-order valence-electron chi connectivity index (χ2n) is 3.99. The molecule has 0 atom stereocenters. The topological polar surface area (TPSA) is 38.3 Å². The fraction of sp³-hybridized carbons (Fsp3) is 0.214. The van der Waals surface area contributed by atoms with Gasteiger partial charge in [0.1, 0.15) is 12.4 Å². The Morgan fingerprint density at radius 3 is 2.95 bits per heavy atom. The minimum Gasteiger partial charge on any atom is -0.492 e. The number of thiophene rings is 1. The van der Waals surface area contributed by atoms with E-state index in [1.54, 1.807) is 12.1 Å². The predicted octanol–water partition coefficient (Wildman–Crippen LogP) is 3.52. The largest absolute Gasteiger partial charge is 0.492 e. The summed E-state index contributed by atoms with van der Waals surface area (Å²) >= 11 is 7.41. The number of hydrogen-bond donors (Lipinski definition) is 1. The number of amides is 1. The molecule has 0 aliphatic rings. The lowest BCUT2D eigenvalue weighted by atomic mass is 10.2. The molecule has 0 saturated carbocycles. The first-order chi connectivity index (χ1) is 9.16. The van der Waals surface area contributed by atoms with Crippen molar-refractivity contribution in [3.8, 4) is 5.75 Å². The molecule has 0 bridgehead atoms. The molecule has 19 heavy (non-hydrogen) atoms. The van der Waals surface area contributed by atoms with E-state index < -0.39 is 0 Å². The van der Waals surface area contributed by atoms with E-state index in [1.165, 1.54) is 11.3 Å². The number of benzene rings is 1. The van der Waals surface area contributed by atoms with Crippen molar-refractivity contribution in [3.63, 3.8) is 0 Å². The molecule has 0 aliphatic heterocycles. The van der Waals surface area contributed by atoms with Crippen LogP contribution in [-0.2, 0) is 0 Å². The highest BCUT2D eigenvalue weighted by Gasteiger charge is 2.05. The molecular weight excluding hydrogens is 282 g/mol. The Morgan fingerprint density at radius 2 is 2.26 bits per heavy atom. The summed E-state index contributed by atoms with van der Waals surface area (Å²) in [4.78, 5) is 12.3. The van der Waals surface area contributed by atoms with Crippen LogP contribution in [0.2, 0.25) is 5.02 Å². The minimum atomic E-state index is -0.0689. The summed E-state index contributed by atoms with van der Waals surface area (Å²) in [5.41, 5.74) is 1.01. The van der Waals surface area contributed by atoms with Crippen molar-refractivity contribution in [2.45, 2.75) is 6.92 Å². The molecule has 2 aromatic rings. The summed E-state index contributed by atoms with van der Waals surface area (Å²) in [7, 11) is 0. The Bertz CT molecular complexity index is 555. The third-order valence-corrected chi connectivity index (χ3v) is 3.82. The van der Waals surface area contributed by atoms with E-state index >= 15 is 0 Å². The van der Waals surface area contributed by atoms with E-state index in [2.05, 4.69) is 5.32 Å². The Labute approximate surface area is 121 Å². The number of halogens is 1. The minimum absolute atomic E-state index is 0.0689. The summed E-state index contributed by atoms with van der Waals surface area (Å²) in [5.74, 6) is 0.640. The molecule has 0 aliphatic carbocycles. The van der Waals surface area contributed by atoms with Gasteiger partial charge in [-0.25, -0.2) is 0 Å². The van der Waals surface area contributed by atoms with Crippen LogP contribution in [0.15, 0.2) is 35.7 Å². The zero-order valence-corrected chi connectivity index (χ0v) is 12.1. The van der Waals surface area contributed by atoms with E-state index in [-0.39, 0.29) is 5.91 Å². The number of ether oxygens (including phenoxy) is 1. The van der Waals surface area contributed by atoms with Crippen molar-refractivity contribution in [2.24, 2.45) is 0 Å². The van der Waals surface area contributed by atoms with Crippen molar-refractivity contribution < 1.29 is 9.53 Å². The van der Waals surface area contributed by atoms with Crippen LogP contribution in [0.1, 0.15) is 15.2 Å². The van der Waals surface area contributed by atoms with Crippen LogP contribution in [0.4, 0.5) is 0 Å². The molecule has 1 heterocycles. The number of carbonyl (C=O) groups excluding carboxylic acids is 1. The summed E-state index contributed by atoms with van der Waals surface area (Å²) in [5, 5.41) is 5.35. The molecule has 0 saturated heterocycles. The molecule has 3 nitrogen and oxygen atoms in total. The number of aryl methyl sites for hydroxylation is 1. The Kier molecular flexibility index (Phi) is 4.82. The van der Waals surface area contributed by atoms with Crippen molar-refractivity contribution in [1.29, 1.82) is 0 Å². The third kappa shape index (κ3) is 3.98. The van der Waals surface area contributed by atoms with Crippen molar-refractivity contribution in [2.75, 3.05) is 13.2 Å². The molecule has 0 fully saturated rings. The SMILES string of the molecule is Cc1ccc(OCCNC(=O)c2cccs2)cc1Cl.